The molecule has 5 heteroatoms. The van der Waals surface area contributed by atoms with Gasteiger partial charge in [0.25, 0.3) is 5.91 Å². The molecule has 1 heterocycles. The van der Waals surface area contributed by atoms with Gasteiger partial charge in [0.05, 0.1) is 5.56 Å². The highest BCUT2D eigenvalue weighted by Crippen LogP contribution is 2.30. The van der Waals surface area contributed by atoms with Crippen molar-refractivity contribution >= 4 is 29.1 Å². The van der Waals surface area contributed by atoms with Gasteiger partial charge in [0.1, 0.15) is 0 Å². The molecule has 31 heavy (non-hydrogen) atoms. The summed E-state index contributed by atoms with van der Waals surface area (Å²) in [5, 5.41) is 1.25. The second-order valence-corrected chi connectivity index (χ2v) is 8.32. The van der Waals surface area contributed by atoms with Crippen molar-refractivity contribution < 1.29 is 4.79 Å². The molecule has 0 radical (unpaired) electrons. The maximum atomic E-state index is 12.0. The van der Waals surface area contributed by atoms with Crippen molar-refractivity contribution in [1.29, 1.82) is 0 Å². The first kappa shape index (κ1) is 21.2. The van der Waals surface area contributed by atoms with Gasteiger partial charge in [0.2, 0.25) is 0 Å². The van der Waals surface area contributed by atoms with E-state index in [0.717, 1.165) is 33.6 Å². The normalized spacial score (nSPS) is 10.9. The van der Waals surface area contributed by atoms with E-state index in [9.17, 15) is 4.79 Å². The lowest BCUT2D eigenvalue weighted by Crippen LogP contribution is -2.13. The zero-order valence-corrected chi connectivity index (χ0v) is 18.6. The fraction of sp³-hybridized carbons (Fsp3) is 0.115. The quantitative estimate of drug-likeness (QED) is 0.347. The predicted molar refractivity (Wildman–Crippen MR) is 129 cm³/mol. The largest absolute Gasteiger partial charge is 0.366 e. The Morgan fingerprint density at radius 1 is 0.871 bits per heavy atom. The lowest BCUT2D eigenvalue weighted by molar-refractivity contribution is 0.0999. The number of nitrogens with zero attached hydrogens (tertiary/aromatic N) is 1. The summed E-state index contributed by atoms with van der Waals surface area (Å²) in [6, 6.07) is 26.0. The average molecular weight is 449 g/mol. The van der Waals surface area contributed by atoms with E-state index in [1.807, 2.05) is 43.3 Å². The van der Waals surface area contributed by atoms with E-state index >= 15 is 0 Å². The molecule has 156 valence electrons. The fourth-order valence-electron chi connectivity index (χ4n) is 3.84. The van der Waals surface area contributed by atoms with Crippen LogP contribution < -0.4 is 5.73 Å². The Bertz CT molecular complexity index is 1230. The molecule has 0 aliphatic carbocycles. The van der Waals surface area contributed by atoms with Crippen molar-refractivity contribution in [1.82, 2.24) is 4.57 Å². The summed E-state index contributed by atoms with van der Waals surface area (Å²) in [6.07, 6.45) is 0.707. The second kappa shape index (κ2) is 9.01. The number of nitrogens with two attached hydrogens (primary N) is 1. The highest BCUT2D eigenvalue weighted by atomic mass is 35.5. The summed E-state index contributed by atoms with van der Waals surface area (Å²) in [5.74, 6) is -0.428. The van der Waals surface area contributed by atoms with Crippen LogP contribution in [0.15, 0.2) is 78.9 Å². The number of rotatable bonds is 6. The Morgan fingerprint density at radius 2 is 1.52 bits per heavy atom. The molecule has 0 atom stereocenters. The number of hydrogen-bond acceptors (Lipinski definition) is 1. The van der Waals surface area contributed by atoms with Gasteiger partial charge in [0, 0.05) is 28.0 Å². The summed E-state index contributed by atoms with van der Waals surface area (Å²) < 4.78 is 2.13. The zero-order chi connectivity index (χ0) is 22.0. The van der Waals surface area contributed by atoms with E-state index in [1.165, 1.54) is 0 Å². The lowest BCUT2D eigenvalue weighted by Gasteiger charge is -2.14. The van der Waals surface area contributed by atoms with Crippen LogP contribution in [0.1, 0.15) is 21.6 Å². The van der Waals surface area contributed by atoms with Crippen molar-refractivity contribution in [2.24, 2.45) is 5.73 Å². The minimum Gasteiger partial charge on any atom is -0.366 e. The first-order chi connectivity index (χ1) is 14.9. The highest BCUT2D eigenvalue weighted by Gasteiger charge is 2.17. The molecule has 0 bridgehead atoms. The van der Waals surface area contributed by atoms with Gasteiger partial charge in [0.15, 0.2) is 0 Å². The number of carbonyl (C=O) groups is 1. The minimum atomic E-state index is -0.428. The van der Waals surface area contributed by atoms with Crippen molar-refractivity contribution in [2.75, 3.05) is 0 Å². The molecule has 1 aromatic heterocycles. The molecule has 0 aliphatic rings. The second-order valence-electron chi connectivity index (χ2n) is 7.47. The van der Waals surface area contributed by atoms with Gasteiger partial charge in [-0.25, -0.2) is 0 Å². The summed E-state index contributed by atoms with van der Waals surface area (Å²) >= 11 is 12.4. The third-order valence-electron chi connectivity index (χ3n) is 5.54. The summed E-state index contributed by atoms with van der Waals surface area (Å²) in [4.78, 5) is 12.0. The van der Waals surface area contributed by atoms with Crippen LogP contribution in [-0.2, 0) is 13.0 Å². The van der Waals surface area contributed by atoms with Gasteiger partial charge >= 0.3 is 0 Å². The molecule has 4 aromatic rings. The lowest BCUT2D eigenvalue weighted by atomic mass is 10.0. The molecule has 0 saturated carbocycles. The van der Waals surface area contributed by atoms with Crippen molar-refractivity contribution in [3.8, 4) is 22.4 Å². The van der Waals surface area contributed by atoms with Gasteiger partial charge in [-0.05, 0) is 53.8 Å². The first-order valence-corrected chi connectivity index (χ1v) is 10.8. The zero-order valence-electron chi connectivity index (χ0n) is 17.1. The standard InChI is InChI=1S/C26H22Cl2N2O/c1-17-23(26(29)31)16-25(30(17)14-13-20-11-12-22(27)15-24(20)28)21-9-7-19(8-10-21)18-5-3-2-4-6-18/h2-12,15-16H,13-14H2,1H3,(H2,29,31). The number of aromatic nitrogens is 1. The van der Waals surface area contributed by atoms with Crippen LogP contribution in [0.5, 0.6) is 0 Å². The number of carbonyl (C=O) groups excluding carboxylic acids is 1. The Labute approximate surface area is 192 Å². The molecule has 0 saturated heterocycles. The Hall–Kier alpha value is -3.01. The van der Waals surface area contributed by atoms with Crippen LogP contribution in [0.3, 0.4) is 0 Å². The van der Waals surface area contributed by atoms with Gasteiger partial charge in [-0.1, -0.05) is 83.9 Å². The van der Waals surface area contributed by atoms with Gasteiger partial charge in [-0.15, -0.1) is 0 Å². The smallest absolute Gasteiger partial charge is 0.250 e. The minimum absolute atomic E-state index is 0.428. The summed E-state index contributed by atoms with van der Waals surface area (Å²) in [7, 11) is 0. The molecule has 0 fully saturated rings. The molecule has 0 spiro atoms. The van der Waals surface area contributed by atoms with E-state index in [4.69, 9.17) is 28.9 Å². The van der Waals surface area contributed by atoms with Crippen LogP contribution >= 0.6 is 23.2 Å². The molecule has 2 N–H and O–H groups in total. The first-order valence-electron chi connectivity index (χ1n) is 10.0. The third-order valence-corrected chi connectivity index (χ3v) is 6.13. The number of aryl methyl sites for hydroxylation is 1. The maximum Gasteiger partial charge on any atom is 0.250 e. The number of benzene rings is 3. The molecule has 4 rings (SSSR count). The van der Waals surface area contributed by atoms with Crippen LogP contribution in [-0.4, -0.2) is 10.5 Å². The van der Waals surface area contributed by atoms with Gasteiger partial charge in [-0.3, -0.25) is 4.79 Å². The van der Waals surface area contributed by atoms with Crippen LogP contribution in [0.2, 0.25) is 10.0 Å². The molecule has 3 aromatic carbocycles. The summed E-state index contributed by atoms with van der Waals surface area (Å²) in [6.45, 7) is 2.58. The van der Waals surface area contributed by atoms with Crippen molar-refractivity contribution in [3.05, 3.63) is 106 Å². The number of halogens is 2. The van der Waals surface area contributed by atoms with Crippen LogP contribution in [0.25, 0.3) is 22.4 Å². The topological polar surface area (TPSA) is 48.0 Å². The molecule has 1 amide bonds. The summed E-state index contributed by atoms with van der Waals surface area (Å²) in [5.41, 5.74) is 12.3. The maximum absolute atomic E-state index is 12.0. The molecule has 0 aliphatic heterocycles. The van der Waals surface area contributed by atoms with Crippen LogP contribution in [0.4, 0.5) is 0 Å². The van der Waals surface area contributed by atoms with E-state index in [0.29, 0.717) is 28.6 Å². The number of primary amides is 1. The molecular weight excluding hydrogens is 427 g/mol. The van der Waals surface area contributed by atoms with E-state index in [1.54, 1.807) is 6.07 Å². The molecular formula is C26H22Cl2N2O. The van der Waals surface area contributed by atoms with E-state index < -0.39 is 5.91 Å². The van der Waals surface area contributed by atoms with Gasteiger partial charge < -0.3 is 10.3 Å². The van der Waals surface area contributed by atoms with Crippen molar-refractivity contribution in [2.45, 2.75) is 19.9 Å². The molecule has 0 unspecified atom stereocenters. The van der Waals surface area contributed by atoms with Crippen molar-refractivity contribution in [3.63, 3.8) is 0 Å². The highest BCUT2D eigenvalue weighted by molar-refractivity contribution is 6.35. The van der Waals surface area contributed by atoms with Gasteiger partial charge in [-0.2, -0.15) is 0 Å². The number of hydrogen-bond donors (Lipinski definition) is 1. The average Bonchev–Trinajstić information content (AvgIpc) is 3.10. The number of amides is 1. The fourth-order valence-corrected chi connectivity index (χ4v) is 4.35. The third kappa shape index (κ3) is 4.53. The monoisotopic (exact) mass is 448 g/mol. The van der Waals surface area contributed by atoms with E-state index in [2.05, 4.69) is 41.0 Å². The van der Waals surface area contributed by atoms with Crippen LogP contribution in [0, 0.1) is 6.92 Å². The Morgan fingerprint density at radius 3 is 2.16 bits per heavy atom. The SMILES string of the molecule is Cc1c(C(N)=O)cc(-c2ccc(-c3ccccc3)cc2)n1CCc1ccc(Cl)cc1Cl. The predicted octanol–water partition coefficient (Wildman–Crippen LogP) is 6.78. The Kier molecular flexibility index (Phi) is 6.17. The Balaban J connectivity index is 1.68. The molecule has 3 nitrogen and oxygen atoms in total. The van der Waals surface area contributed by atoms with E-state index in [-0.39, 0.29) is 0 Å².